The average molecular weight is 353 g/mol. The molecule has 2 aromatic carbocycles. The molecule has 0 aromatic heterocycles. The predicted octanol–water partition coefficient (Wildman–Crippen LogP) is 3.42. The summed E-state index contributed by atoms with van der Waals surface area (Å²) in [6.07, 6.45) is 1.23. The Hall–Kier alpha value is -3.15. The van der Waals surface area contributed by atoms with E-state index in [0.29, 0.717) is 18.0 Å². The molecular formula is C20H19NO5. The van der Waals surface area contributed by atoms with Crippen LogP contribution >= 0.6 is 0 Å². The van der Waals surface area contributed by atoms with Gasteiger partial charge in [0.2, 0.25) is 0 Å². The Morgan fingerprint density at radius 3 is 2.42 bits per heavy atom. The first-order valence-corrected chi connectivity index (χ1v) is 8.20. The monoisotopic (exact) mass is 353 g/mol. The van der Waals surface area contributed by atoms with Gasteiger partial charge in [-0.2, -0.15) is 0 Å². The van der Waals surface area contributed by atoms with Gasteiger partial charge in [-0.25, -0.2) is 0 Å². The van der Waals surface area contributed by atoms with Gasteiger partial charge >= 0.3 is 11.9 Å². The van der Waals surface area contributed by atoms with Gasteiger partial charge in [-0.1, -0.05) is 36.4 Å². The molecule has 0 aliphatic carbocycles. The summed E-state index contributed by atoms with van der Waals surface area (Å²) in [5.74, 6) is -3.13. The Balaban J connectivity index is 1.66. The summed E-state index contributed by atoms with van der Waals surface area (Å²) in [5, 5.41) is 0. The first kappa shape index (κ1) is 17.7. The second-order valence-corrected chi connectivity index (χ2v) is 6.27. The number of carbonyl (C=O) groups is 2. The third kappa shape index (κ3) is 4.47. The van der Waals surface area contributed by atoms with Gasteiger partial charge < -0.3 is 14.2 Å². The maximum Gasteiger partial charge on any atom is 0.329 e. The molecule has 1 heterocycles. The van der Waals surface area contributed by atoms with Crippen LogP contribution < -0.4 is 4.74 Å². The summed E-state index contributed by atoms with van der Waals surface area (Å²) in [7, 11) is 0. The van der Waals surface area contributed by atoms with E-state index in [0.717, 1.165) is 5.56 Å². The van der Waals surface area contributed by atoms with Crippen molar-refractivity contribution in [2.24, 2.45) is 10.9 Å². The molecule has 1 saturated heterocycles. The van der Waals surface area contributed by atoms with Crippen molar-refractivity contribution in [3.63, 3.8) is 0 Å². The fourth-order valence-electron chi connectivity index (χ4n) is 2.41. The number of rotatable bonds is 5. The standard InChI is InChI=1S/C20H19NO5/c1-20(2)25-18(22)17(19(23)26-20)12-21-15-9-6-10-16(11-15)24-13-14-7-4-3-5-8-14/h3-12,17H,13H2,1-2H3/b21-12+. The Morgan fingerprint density at radius 1 is 1.04 bits per heavy atom. The van der Waals surface area contributed by atoms with Crippen LogP contribution in [-0.4, -0.2) is 23.9 Å². The number of carbonyl (C=O) groups excluding carboxylic acids is 2. The van der Waals surface area contributed by atoms with Gasteiger partial charge in [0.1, 0.15) is 12.4 Å². The number of hydrogen-bond donors (Lipinski definition) is 0. The van der Waals surface area contributed by atoms with Gasteiger partial charge in [0.05, 0.1) is 5.69 Å². The van der Waals surface area contributed by atoms with E-state index >= 15 is 0 Å². The summed E-state index contributed by atoms with van der Waals surface area (Å²) in [6, 6.07) is 16.9. The maximum atomic E-state index is 11.9. The van der Waals surface area contributed by atoms with Gasteiger partial charge in [0, 0.05) is 26.1 Å². The zero-order chi connectivity index (χ0) is 18.6. The van der Waals surface area contributed by atoms with Crippen LogP contribution in [0, 0.1) is 5.92 Å². The second-order valence-electron chi connectivity index (χ2n) is 6.27. The molecule has 3 rings (SSSR count). The Labute approximate surface area is 151 Å². The first-order chi connectivity index (χ1) is 12.4. The number of hydrogen-bond acceptors (Lipinski definition) is 6. The van der Waals surface area contributed by atoms with E-state index in [1.54, 1.807) is 18.2 Å². The van der Waals surface area contributed by atoms with E-state index in [1.165, 1.54) is 20.1 Å². The van der Waals surface area contributed by atoms with Crippen LogP contribution in [0.2, 0.25) is 0 Å². The van der Waals surface area contributed by atoms with Crippen molar-refractivity contribution in [3.8, 4) is 5.75 Å². The molecule has 134 valence electrons. The fraction of sp³-hybridized carbons (Fsp3) is 0.250. The number of aliphatic imine (C=N–C) groups is 1. The lowest BCUT2D eigenvalue weighted by Gasteiger charge is -2.31. The minimum atomic E-state index is -1.25. The molecule has 0 radical (unpaired) electrons. The number of nitrogens with zero attached hydrogens (tertiary/aromatic N) is 1. The van der Waals surface area contributed by atoms with Crippen molar-refractivity contribution in [1.29, 1.82) is 0 Å². The van der Waals surface area contributed by atoms with Crippen LogP contribution in [0.3, 0.4) is 0 Å². The largest absolute Gasteiger partial charge is 0.489 e. The highest BCUT2D eigenvalue weighted by atomic mass is 16.7. The molecule has 1 aliphatic heterocycles. The minimum absolute atomic E-state index is 0.435. The topological polar surface area (TPSA) is 74.2 Å². The summed E-state index contributed by atoms with van der Waals surface area (Å²) < 4.78 is 15.9. The summed E-state index contributed by atoms with van der Waals surface area (Å²) in [6.45, 7) is 3.44. The number of cyclic esters (lactones) is 2. The Morgan fingerprint density at radius 2 is 1.73 bits per heavy atom. The van der Waals surface area contributed by atoms with Crippen molar-refractivity contribution in [3.05, 3.63) is 60.2 Å². The average Bonchev–Trinajstić information content (AvgIpc) is 2.59. The molecule has 6 heteroatoms. The molecule has 0 N–H and O–H groups in total. The lowest BCUT2D eigenvalue weighted by molar-refractivity contribution is -0.235. The highest BCUT2D eigenvalue weighted by Gasteiger charge is 2.42. The minimum Gasteiger partial charge on any atom is -0.489 e. The smallest absolute Gasteiger partial charge is 0.329 e. The van der Waals surface area contributed by atoms with E-state index in [2.05, 4.69) is 4.99 Å². The van der Waals surface area contributed by atoms with Crippen LogP contribution in [0.15, 0.2) is 59.6 Å². The van der Waals surface area contributed by atoms with E-state index < -0.39 is 23.6 Å². The highest BCUT2D eigenvalue weighted by Crippen LogP contribution is 2.24. The molecule has 0 unspecified atom stereocenters. The van der Waals surface area contributed by atoms with E-state index in [1.807, 2.05) is 36.4 Å². The Kier molecular flexibility index (Phi) is 5.02. The van der Waals surface area contributed by atoms with Gasteiger partial charge in [-0.05, 0) is 17.7 Å². The number of esters is 2. The normalized spacial score (nSPS) is 17.0. The Bertz CT molecular complexity index is 809. The highest BCUT2D eigenvalue weighted by molar-refractivity contribution is 6.10. The molecule has 0 atom stereocenters. The van der Waals surface area contributed by atoms with Gasteiger partial charge in [-0.15, -0.1) is 0 Å². The SMILES string of the molecule is CC1(C)OC(=O)C(/C=N/c2cccc(OCc3ccccc3)c2)C(=O)O1. The number of ether oxygens (including phenoxy) is 3. The molecule has 0 saturated carbocycles. The van der Waals surface area contributed by atoms with Crippen molar-refractivity contribution in [2.45, 2.75) is 26.2 Å². The number of benzene rings is 2. The molecule has 1 fully saturated rings. The molecule has 6 nitrogen and oxygen atoms in total. The molecule has 0 amide bonds. The zero-order valence-electron chi connectivity index (χ0n) is 14.5. The molecule has 0 spiro atoms. The van der Waals surface area contributed by atoms with Crippen molar-refractivity contribution in [1.82, 2.24) is 0 Å². The predicted molar refractivity (Wildman–Crippen MR) is 95.1 cm³/mol. The maximum absolute atomic E-state index is 11.9. The van der Waals surface area contributed by atoms with E-state index in [9.17, 15) is 9.59 Å². The summed E-state index contributed by atoms with van der Waals surface area (Å²) in [5.41, 5.74) is 1.61. The quantitative estimate of drug-likeness (QED) is 0.468. The molecular weight excluding hydrogens is 334 g/mol. The summed E-state index contributed by atoms with van der Waals surface area (Å²) >= 11 is 0. The van der Waals surface area contributed by atoms with Crippen LogP contribution in [0.5, 0.6) is 5.75 Å². The lowest BCUT2D eigenvalue weighted by atomic mass is 10.1. The van der Waals surface area contributed by atoms with Crippen LogP contribution in [0.4, 0.5) is 5.69 Å². The molecule has 26 heavy (non-hydrogen) atoms. The fourth-order valence-corrected chi connectivity index (χ4v) is 2.41. The van der Waals surface area contributed by atoms with Gasteiger partial charge in [0.15, 0.2) is 5.92 Å². The molecule has 0 bridgehead atoms. The van der Waals surface area contributed by atoms with E-state index in [-0.39, 0.29) is 0 Å². The summed E-state index contributed by atoms with van der Waals surface area (Å²) in [4.78, 5) is 28.0. The molecule has 1 aliphatic rings. The van der Waals surface area contributed by atoms with Crippen molar-refractivity contribution in [2.75, 3.05) is 0 Å². The van der Waals surface area contributed by atoms with Crippen LogP contribution in [0.25, 0.3) is 0 Å². The molecule has 2 aromatic rings. The third-order valence-corrected chi connectivity index (χ3v) is 3.64. The lowest BCUT2D eigenvalue weighted by Crippen LogP contribution is -2.46. The first-order valence-electron chi connectivity index (χ1n) is 8.20. The second kappa shape index (κ2) is 7.39. The van der Waals surface area contributed by atoms with Crippen LogP contribution in [0.1, 0.15) is 19.4 Å². The van der Waals surface area contributed by atoms with E-state index in [4.69, 9.17) is 14.2 Å². The van der Waals surface area contributed by atoms with Gasteiger partial charge in [-0.3, -0.25) is 14.6 Å². The van der Waals surface area contributed by atoms with Crippen LogP contribution in [-0.2, 0) is 25.7 Å². The van der Waals surface area contributed by atoms with Crippen molar-refractivity contribution < 1.29 is 23.8 Å². The van der Waals surface area contributed by atoms with Crippen molar-refractivity contribution >= 4 is 23.8 Å². The zero-order valence-corrected chi connectivity index (χ0v) is 14.5. The third-order valence-electron chi connectivity index (χ3n) is 3.64. The van der Waals surface area contributed by atoms with Gasteiger partial charge in [0.25, 0.3) is 5.79 Å².